The van der Waals surface area contributed by atoms with E-state index in [1.807, 2.05) is 37.3 Å². The fourth-order valence-corrected chi connectivity index (χ4v) is 2.84. The topological polar surface area (TPSA) is 86.4 Å². The largest absolute Gasteiger partial charge is 0.322 e. The molecule has 3 N–H and O–H groups in total. The van der Waals surface area contributed by atoms with Crippen LogP contribution in [0.15, 0.2) is 42.5 Å². The molecule has 0 spiro atoms. The van der Waals surface area contributed by atoms with Crippen molar-refractivity contribution >= 4 is 34.8 Å². The summed E-state index contributed by atoms with van der Waals surface area (Å²) in [6, 6.07) is 14.3. The molecule has 0 aromatic heterocycles. The standard InChI is InChI=1S/C20H21ClN4O2/c1-3-14-6-4-5-7-17(14)23-19(26)12-25(2)13-20(27)24-18-10-16(21)9-8-15(18)11-22/h4-10H,3,12-13H2,1-2H3,(H,23,26)(H,24,27)/p+1. The minimum absolute atomic E-state index is 0.0836. The predicted molar refractivity (Wildman–Crippen MR) is 106 cm³/mol. The summed E-state index contributed by atoms with van der Waals surface area (Å²) >= 11 is 5.91. The van der Waals surface area contributed by atoms with Gasteiger partial charge >= 0.3 is 0 Å². The Morgan fingerprint density at radius 3 is 2.33 bits per heavy atom. The third-order valence-corrected chi connectivity index (χ3v) is 4.21. The second-order valence-corrected chi connectivity index (χ2v) is 6.66. The van der Waals surface area contributed by atoms with Gasteiger partial charge < -0.3 is 15.5 Å². The maximum absolute atomic E-state index is 12.3. The number of para-hydroxylation sites is 1. The van der Waals surface area contributed by atoms with Crippen LogP contribution in [0.3, 0.4) is 0 Å². The number of rotatable bonds is 7. The normalized spacial score (nSPS) is 11.3. The highest BCUT2D eigenvalue weighted by Gasteiger charge is 2.16. The Kier molecular flexibility index (Phi) is 7.35. The van der Waals surface area contributed by atoms with Crippen molar-refractivity contribution in [2.24, 2.45) is 0 Å². The maximum atomic E-state index is 12.3. The van der Waals surface area contributed by atoms with Crippen LogP contribution in [-0.4, -0.2) is 32.0 Å². The zero-order valence-corrected chi connectivity index (χ0v) is 16.1. The Bertz CT molecular complexity index is 877. The van der Waals surface area contributed by atoms with Gasteiger partial charge in [-0.15, -0.1) is 0 Å². The molecule has 0 aliphatic carbocycles. The quantitative estimate of drug-likeness (QED) is 0.680. The highest BCUT2D eigenvalue weighted by atomic mass is 35.5. The number of aryl methyl sites for hydroxylation is 1. The van der Waals surface area contributed by atoms with Crippen molar-refractivity contribution < 1.29 is 14.5 Å². The summed E-state index contributed by atoms with van der Waals surface area (Å²) in [6.07, 6.45) is 0.822. The number of likely N-dealkylation sites (N-methyl/N-ethyl adjacent to an activating group) is 1. The first-order valence-corrected chi connectivity index (χ1v) is 8.99. The molecular weight excluding hydrogens is 364 g/mol. The zero-order valence-electron chi connectivity index (χ0n) is 15.3. The van der Waals surface area contributed by atoms with E-state index in [1.54, 1.807) is 19.2 Å². The van der Waals surface area contributed by atoms with Crippen LogP contribution in [0.25, 0.3) is 0 Å². The van der Waals surface area contributed by atoms with Crippen LogP contribution < -0.4 is 15.5 Å². The number of hydrogen-bond donors (Lipinski definition) is 3. The number of anilines is 2. The van der Waals surface area contributed by atoms with Gasteiger partial charge in [0.25, 0.3) is 11.8 Å². The van der Waals surface area contributed by atoms with E-state index in [-0.39, 0.29) is 24.9 Å². The molecule has 140 valence electrons. The van der Waals surface area contributed by atoms with Gasteiger partial charge in [-0.1, -0.05) is 36.7 Å². The van der Waals surface area contributed by atoms with E-state index >= 15 is 0 Å². The van der Waals surface area contributed by atoms with Gasteiger partial charge in [0.15, 0.2) is 13.1 Å². The molecular formula is C20H22ClN4O2+. The van der Waals surface area contributed by atoms with Gasteiger partial charge in [-0.05, 0) is 36.2 Å². The molecule has 0 aliphatic heterocycles. The number of carbonyl (C=O) groups excluding carboxylic acids is 2. The summed E-state index contributed by atoms with van der Waals surface area (Å²) in [7, 11) is 1.76. The Morgan fingerprint density at radius 2 is 1.70 bits per heavy atom. The lowest BCUT2D eigenvalue weighted by molar-refractivity contribution is -0.862. The molecule has 1 atom stereocenters. The van der Waals surface area contributed by atoms with E-state index < -0.39 is 0 Å². The minimum Gasteiger partial charge on any atom is -0.322 e. The molecule has 0 saturated carbocycles. The molecule has 2 aromatic rings. The first-order chi connectivity index (χ1) is 12.9. The molecule has 6 nitrogen and oxygen atoms in total. The van der Waals surface area contributed by atoms with Crippen LogP contribution in [0.5, 0.6) is 0 Å². The summed E-state index contributed by atoms with van der Waals surface area (Å²) in [6.45, 7) is 2.25. The highest BCUT2D eigenvalue weighted by Crippen LogP contribution is 2.20. The number of amides is 2. The molecule has 27 heavy (non-hydrogen) atoms. The maximum Gasteiger partial charge on any atom is 0.279 e. The Morgan fingerprint density at radius 1 is 1.07 bits per heavy atom. The minimum atomic E-state index is -0.298. The van der Waals surface area contributed by atoms with Crippen LogP contribution in [0, 0.1) is 11.3 Å². The molecule has 0 bridgehead atoms. The third kappa shape index (κ3) is 6.10. The molecule has 0 heterocycles. The van der Waals surface area contributed by atoms with E-state index in [4.69, 9.17) is 16.9 Å². The molecule has 2 amide bonds. The van der Waals surface area contributed by atoms with E-state index in [2.05, 4.69) is 10.6 Å². The lowest BCUT2D eigenvalue weighted by Crippen LogP contribution is -3.11. The summed E-state index contributed by atoms with van der Waals surface area (Å²) in [5.74, 6) is -0.463. The van der Waals surface area contributed by atoms with Gasteiger partial charge in [-0.3, -0.25) is 9.59 Å². The number of nitrogens with zero attached hydrogens (tertiary/aromatic N) is 1. The predicted octanol–water partition coefficient (Wildman–Crippen LogP) is 1.87. The number of nitriles is 1. The van der Waals surface area contributed by atoms with Crippen molar-refractivity contribution in [3.8, 4) is 6.07 Å². The summed E-state index contributed by atoms with van der Waals surface area (Å²) in [5.41, 5.74) is 2.55. The second-order valence-electron chi connectivity index (χ2n) is 6.22. The first kappa shape index (κ1) is 20.4. The van der Waals surface area contributed by atoms with Crippen LogP contribution >= 0.6 is 11.6 Å². The molecule has 7 heteroatoms. The fraction of sp³-hybridized carbons (Fsp3) is 0.250. The van der Waals surface area contributed by atoms with E-state index in [9.17, 15) is 9.59 Å². The van der Waals surface area contributed by atoms with E-state index in [0.29, 0.717) is 16.3 Å². The third-order valence-electron chi connectivity index (χ3n) is 3.97. The number of quaternary nitrogens is 1. The average Bonchev–Trinajstić information content (AvgIpc) is 2.62. The van der Waals surface area contributed by atoms with Crippen LogP contribution in [0.1, 0.15) is 18.1 Å². The molecule has 2 aromatic carbocycles. The van der Waals surface area contributed by atoms with E-state index in [0.717, 1.165) is 22.6 Å². The number of carbonyl (C=O) groups is 2. The Labute approximate surface area is 163 Å². The van der Waals surface area contributed by atoms with Gasteiger partial charge in [0.2, 0.25) is 0 Å². The van der Waals surface area contributed by atoms with Crippen molar-refractivity contribution in [1.29, 1.82) is 5.26 Å². The van der Waals surface area contributed by atoms with Gasteiger partial charge in [-0.2, -0.15) is 5.26 Å². The first-order valence-electron chi connectivity index (χ1n) is 8.61. The Hall–Kier alpha value is -2.88. The molecule has 0 radical (unpaired) electrons. The van der Waals surface area contributed by atoms with Gasteiger partial charge in [0.05, 0.1) is 18.3 Å². The number of halogens is 1. The SMILES string of the molecule is CCc1ccccc1NC(=O)C[NH+](C)CC(=O)Nc1cc(Cl)ccc1C#N. The molecule has 1 unspecified atom stereocenters. The van der Waals surface area contributed by atoms with Crippen molar-refractivity contribution in [1.82, 2.24) is 0 Å². The van der Waals surface area contributed by atoms with Crippen molar-refractivity contribution in [2.45, 2.75) is 13.3 Å². The monoisotopic (exact) mass is 385 g/mol. The lowest BCUT2D eigenvalue weighted by Gasteiger charge is -2.15. The fourth-order valence-electron chi connectivity index (χ4n) is 2.67. The van der Waals surface area contributed by atoms with Crippen molar-refractivity contribution in [2.75, 3.05) is 30.8 Å². The van der Waals surface area contributed by atoms with Crippen molar-refractivity contribution in [3.63, 3.8) is 0 Å². The number of hydrogen-bond acceptors (Lipinski definition) is 3. The van der Waals surface area contributed by atoms with Crippen LogP contribution in [-0.2, 0) is 16.0 Å². The van der Waals surface area contributed by atoms with E-state index in [1.165, 1.54) is 6.07 Å². The lowest BCUT2D eigenvalue weighted by atomic mass is 10.1. The second kappa shape index (κ2) is 9.72. The van der Waals surface area contributed by atoms with Gasteiger partial charge in [0.1, 0.15) is 6.07 Å². The van der Waals surface area contributed by atoms with Crippen LogP contribution in [0.2, 0.25) is 5.02 Å². The molecule has 0 fully saturated rings. The van der Waals surface area contributed by atoms with Gasteiger partial charge in [-0.25, -0.2) is 0 Å². The molecule has 0 saturated heterocycles. The zero-order chi connectivity index (χ0) is 19.8. The molecule has 0 aliphatic rings. The summed E-state index contributed by atoms with van der Waals surface area (Å²) < 4.78 is 0. The average molecular weight is 386 g/mol. The van der Waals surface area contributed by atoms with Crippen LogP contribution in [0.4, 0.5) is 11.4 Å². The van der Waals surface area contributed by atoms with Gasteiger partial charge in [0, 0.05) is 10.7 Å². The number of benzene rings is 2. The summed E-state index contributed by atoms with van der Waals surface area (Å²) in [5, 5.41) is 15.1. The highest BCUT2D eigenvalue weighted by molar-refractivity contribution is 6.31. The smallest absolute Gasteiger partial charge is 0.279 e. The Balaban J connectivity index is 1.90. The number of nitrogens with one attached hydrogen (secondary N) is 3. The van der Waals surface area contributed by atoms with Crippen molar-refractivity contribution in [3.05, 3.63) is 58.6 Å². The summed E-state index contributed by atoms with van der Waals surface area (Å²) in [4.78, 5) is 25.2. The molecule has 2 rings (SSSR count).